The van der Waals surface area contributed by atoms with Crippen molar-refractivity contribution in [3.63, 3.8) is 0 Å². The molecule has 0 saturated heterocycles. The summed E-state index contributed by atoms with van der Waals surface area (Å²) in [6.45, 7) is 3.41. The molecule has 2 heterocycles. The second-order valence-corrected chi connectivity index (χ2v) is 6.61. The zero-order valence-corrected chi connectivity index (χ0v) is 15.7. The lowest BCUT2D eigenvalue weighted by Gasteiger charge is -2.06. The summed E-state index contributed by atoms with van der Waals surface area (Å²) in [4.78, 5) is 22.9. The molecule has 3 aromatic rings. The van der Waals surface area contributed by atoms with Gasteiger partial charge in [-0.15, -0.1) is 0 Å². The van der Waals surface area contributed by atoms with Gasteiger partial charge in [-0.05, 0) is 37.0 Å². The highest BCUT2D eigenvalue weighted by Gasteiger charge is 2.24. The van der Waals surface area contributed by atoms with Gasteiger partial charge in [-0.2, -0.15) is 4.68 Å². The summed E-state index contributed by atoms with van der Waals surface area (Å²) in [6, 6.07) is 5.96. The van der Waals surface area contributed by atoms with Crippen molar-refractivity contribution in [3.05, 3.63) is 67.1 Å². The van der Waals surface area contributed by atoms with Crippen molar-refractivity contribution < 1.29 is 14.2 Å². The third-order valence-electron chi connectivity index (χ3n) is 3.78. The number of anilines is 1. The molecule has 3 rings (SSSR count). The Hall–Kier alpha value is -2.91. The monoisotopic (exact) mass is 409 g/mol. The van der Waals surface area contributed by atoms with Gasteiger partial charge < -0.3 is 20.0 Å². The van der Waals surface area contributed by atoms with E-state index in [2.05, 4.69) is 15.6 Å². The van der Waals surface area contributed by atoms with Gasteiger partial charge in [0.25, 0.3) is 5.91 Å². The second kappa shape index (κ2) is 7.37. The Balaban J connectivity index is 1.88. The molecule has 0 fully saturated rings. The molecule has 0 aliphatic heterocycles. The van der Waals surface area contributed by atoms with E-state index in [1.54, 1.807) is 26.0 Å². The molecule has 0 aliphatic carbocycles. The van der Waals surface area contributed by atoms with Crippen molar-refractivity contribution in [2.24, 2.45) is 0 Å². The Bertz CT molecular complexity index is 1020. The minimum Gasteiger partial charge on any atom is -0.361 e. The molecular formula is C16H13Cl2N5O4. The van der Waals surface area contributed by atoms with Crippen LogP contribution in [-0.2, 0) is 6.54 Å². The number of rotatable bonds is 5. The molecule has 1 aromatic carbocycles. The fourth-order valence-electron chi connectivity index (χ4n) is 2.46. The smallest absolute Gasteiger partial charge is 0.361 e. The van der Waals surface area contributed by atoms with Crippen molar-refractivity contribution in [2.75, 3.05) is 5.32 Å². The summed E-state index contributed by atoms with van der Waals surface area (Å²) < 4.78 is 6.54. The second-order valence-electron chi connectivity index (χ2n) is 5.74. The quantitative estimate of drug-likeness (QED) is 0.502. The van der Waals surface area contributed by atoms with Crippen LogP contribution in [0.2, 0.25) is 10.0 Å². The fourth-order valence-corrected chi connectivity index (χ4v) is 2.99. The summed E-state index contributed by atoms with van der Waals surface area (Å²) in [7, 11) is 0. The van der Waals surface area contributed by atoms with E-state index in [9.17, 15) is 14.9 Å². The van der Waals surface area contributed by atoms with Gasteiger partial charge in [-0.3, -0.25) is 4.79 Å². The summed E-state index contributed by atoms with van der Waals surface area (Å²) in [6.07, 6.45) is 0. The van der Waals surface area contributed by atoms with Crippen LogP contribution in [0.25, 0.3) is 0 Å². The van der Waals surface area contributed by atoms with Crippen LogP contribution >= 0.6 is 23.2 Å². The Morgan fingerprint density at radius 3 is 2.52 bits per heavy atom. The number of nitro groups is 1. The van der Waals surface area contributed by atoms with Crippen LogP contribution in [0.5, 0.6) is 0 Å². The molecule has 0 bridgehead atoms. The number of nitrogens with zero attached hydrogens (tertiary/aromatic N) is 4. The zero-order valence-electron chi connectivity index (χ0n) is 14.2. The van der Waals surface area contributed by atoms with Crippen LogP contribution in [0.3, 0.4) is 0 Å². The van der Waals surface area contributed by atoms with Gasteiger partial charge in [0, 0.05) is 15.7 Å². The topological polar surface area (TPSA) is 116 Å². The number of halogens is 2. The van der Waals surface area contributed by atoms with Crippen molar-refractivity contribution in [3.8, 4) is 0 Å². The lowest BCUT2D eigenvalue weighted by molar-refractivity contribution is -0.389. The van der Waals surface area contributed by atoms with E-state index in [1.807, 2.05) is 0 Å². The molecule has 0 unspecified atom stereocenters. The van der Waals surface area contributed by atoms with E-state index in [1.165, 1.54) is 16.8 Å². The predicted molar refractivity (Wildman–Crippen MR) is 98.4 cm³/mol. The minimum absolute atomic E-state index is 0.0427. The summed E-state index contributed by atoms with van der Waals surface area (Å²) in [5, 5.41) is 22.0. The van der Waals surface area contributed by atoms with Crippen LogP contribution in [0.4, 0.5) is 11.5 Å². The number of aromatic nitrogens is 3. The van der Waals surface area contributed by atoms with Crippen molar-refractivity contribution in [1.29, 1.82) is 0 Å². The number of hydrogen-bond acceptors (Lipinski definition) is 6. The van der Waals surface area contributed by atoms with E-state index in [0.717, 1.165) is 0 Å². The fraction of sp³-hybridized carbons (Fsp3) is 0.188. The van der Waals surface area contributed by atoms with Crippen LogP contribution < -0.4 is 5.32 Å². The standard InChI is InChI=1S/C16H13Cl2N5O4/c1-8-3-14(23(25)26)20-22(8)7-13-9(2)27-21-15(13)16(24)19-12-5-10(17)4-11(18)6-12/h3-6H,7H2,1-2H3,(H,19,24). The van der Waals surface area contributed by atoms with Crippen LogP contribution in [0.15, 0.2) is 28.8 Å². The van der Waals surface area contributed by atoms with Gasteiger partial charge >= 0.3 is 5.82 Å². The van der Waals surface area contributed by atoms with Crippen LogP contribution in [-0.4, -0.2) is 25.8 Å². The molecule has 1 amide bonds. The molecule has 0 spiro atoms. The number of carbonyl (C=O) groups is 1. The molecule has 0 radical (unpaired) electrons. The maximum absolute atomic E-state index is 12.6. The Morgan fingerprint density at radius 1 is 1.26 bits per heavy atom. The number of benzene rings is 1. The molecule has 1 N–H and O–H groups in total. The lowest BCUT2D eigenvalue weighted by atomic mass is 10.1. The Morgan fingerprint density at radius 2 is 1.93 bits per heavy atom. The zero-order chi connectivity index (χ0) is 19.7. The predicted octanol–water partition coefficient (Wildman–Crippen LogP) is 4.00. The molecule has 0 aliphatic rings. The first-order valence-corrected chi connectivity index (χ1v) is 8.41. The van der Waals surface area contributed by atoms with E-state index in [0.29, 0.717) is 32.8 Å². The molecular weight excluding hydrogens is 397 g/mol. The summed E-state index contributed by atoms with van der Waals surface area (Å²) in [5.41, 5.74) is 1.47. The third kappa shape index (κ3) is 4.09. The first kappa shape index (κ1) is 18.9. The average Bonchev–Trinajstić information content (AvgIpc) is 3.11. The van der Waals surface area contributed by atoms with E-state index < -0.39 is 10.8 Å². The van der Waals surface area contributed by atoms with Crippen LogP contribution in [0.1, 0.15) is 27.5 Å². The number of aryl methyl sites for hydroxylation is 2. The number of nitrogens with one attached hydrogen (secondary N) is 1. The van der Waals surface area contributed by atoms with E-state index in [4.69, 9.17) is 27.7 Å². The van der Waals surface area contributed by atoms with Gasteiger partial charge in [-0.1, -0.05) is 28.4 Å². The van der Waals surface area contributed by atoms with Crippen LogP contribution in [0, 0.1) is 24.0 Å². The maximum atomic E-state index is 12.6. The molecule has 0 atom stereocenters. The van der Waals surface area contributed by atoms with Crippen molar-refractivity contribution >= 4 is 40.6 Å². The highest BCUT2D eigenvalue weighted by molar-refractivity contribution is 6.35. The first-order chi connectivity index (χ1) is 12.7. The highest BCUT2D eigenvalue weighted by atomic mass is 35.5. The van der Waals surface area contributed by atoms with Gasteiger partial charge in [0.05, 0.1) is 29.0 Å². The molecule has 2 aromatic heterocycles. The van der Waals surface area contributed by atoms with Gasteiger partial charge in [0.1, 0.15) is 5.76 Å². The minimum atomic E-state index is -0.583. The number of carbonyl (C=O) groups excluding carboxylic acids is 1. The number of amides is 1. The first-order valence-electron chi connectivity index (χ1n) is 7.66. The maximum Gasteiger partial charge on any atom is 0.390 e. The molecule has 27 heavy (non-hydrogen) atoms. The normalized spacial score (nSPS) is 10.8. The van der Waals surface area contributed by atoms with E-state index in [-0.39, 0.29) is 18.1 Å². The third-order valence-corrected chi connectivity index (χ3v) is 4.22. The van der Waals surface area contributed by atoms with Gasteiger partial charge in [0.2, 0.25) is 0 Å². The number of hydrogen-bond donors (Lipinski definition) is 1. The molecule has 0 saturated carbocycles. The lowest BCUT2D eigenvalue weighted by Crippen LogP contribution is -2.16. The summed E-state index contributed by atoms with van der Waals surface area (Å²) >= 11 is 11.9. The van der Waals surface area contributed by atoms with Gasteiger partial charge in [0.15, 0.2) is 5.69 Å². The van der Waals surface area contributed by atoms with E-state index >= 15 is 0 Å². The summed E-state index contributed by atoms with van der Waals surface area (Å²) in [5.74, 6) is -0.400. The Labute approximate surface area is 163 Å². The average molecular weight is 410 g/mol. The SMILES string of the molecule is Cc1onc(C(=O)Nc2cc(Cl)cc(Cl)c2)c1Cn1nc([N+](=O)[O-])cc1C. The largest absolute Gasteiger partial charge is 0.390 e. The Kier molecular flexibility index (Phi) is 5.15. The molecule has 9 nitrogen and oxygen atoms in total. The molecule has 11 heteroatoms. The van der Waals surface area contributed by atoms with Crippen molar-refractivity contribution in [2.45, 2.75) is 20.4 Å². The van der Waals surface area contributed by atoms with Gasteiger partial charge in [-0.25, -0.2) is 0 Å². The van der Waals surface area contributed by atoms with Crippen molar-refractivity contribution in [1.82, 2.24) is 14.9 Å². The molecule has 140 valence electrons. The highest BCUT2D eigenvalue weighted by Crippen LogP contribution is 2.24.